The summed E-state index contributed by atoms with van der Waals surface area (Å²) in [7, 11) is 0. The Morgan fingerprint density at radius 2 is 1.71 bits per heavy atom. The molecule has 0 saturated heterocycles. The van der Waals surface area contributed by atoms with Gasteiger partial charge in [0.15, 0.2) is 0 Å². The van der Waals surface area contributed by atoms with E-state index in [1.165, 1.54) is 35.4 Å². The van der Waals surface area contributed by atoms with Gasteiger partial charge < -0.3 is 15.0 Å². The summed E-state index contributed by atoms with van der Waals surface area (Å²) in [4.78, 5) is 26.2. The van der Waals surface area contributed by atoms with Crippen molar-refractivity contribution in [2.45, 2.75) is 45.0 Å². The van der Waals surface area contributed by atoms with Gasteiger partial charge in [0.1, 0.15) is 5.75 Å². The number of carbonyl (C=O) groups excluding carboxylic acids is 2. The van der Waals surface area contributed by atoms with Crippen LogP contribution in [-0.2, 0) is 29.0 Å². The van der Waals surface area contributed by atoms with E-state index in [2.05, 4.69) is 16.1 Å². The average molecular weight is 434 g/mol. The molecule has 0 aromatic heterocycles. The van der Waals surface area contributed by atoms with E-state index in [0.29, 0.717) is 32.4 Å². The Morgan fingerprint density at radius 1 is 1.00 bits per heavy atom. The van der Waals surface area contributed by atoms with Crippen molar-refractivity contribution < 1.29 is 27.5 Å². The number of rotatable bonds is 8. The number of halogens is 3. The van der Waals surface area contributed by atoms with Crippen LogP contribution in [0.5, 0.6) is 5.75 Å². The number of hydrogen-bond acceptors (Lipinski definition) is 3. The molecule has 8 heteroatoms. The van der Waals surface area contributed by atoms with Crippen LogP contribution >= 0.6 is 0 Å². The van der Waals surface area contributed by atoms with Crippen LogP contribution in [0.4, 0.5) is 13.2 Å². The summed E-state index contributed by atoms with van der Waals surface area (Å²) in [5.41, 5.74) is 3.22. The Labute approximate surface area is 179 Å². The highest BCUT2D eigenvalue weighted by Crippen LogP contribution is 2.23. The smallest absolute Gasteiger partial charge is 0.406 e. The predicted octanol–water partition coefficient (Wildman–Crippen LogP) is 4.00. The van der Waals surface area contributed by atoms with Crippen molar-refractivity contribution in [2.75, 3.05) is 13.1 Å². The lowest BCUT2D eigenvalue weighted by atomic mass is 9.99. The third kappa shape index (κ3) is 7.31. The maximum Gasteiger partial charge on any atom is 0.573 e. The fourth-order valence-electron chi connectivity index (χ4n) is 3.54. The first kappa shape index (κ1) is 22.7. The fraction of sp³-hybridized carbons (Fsp3) is 0.391. The molecule has 0 spiro atoms. The molecule has 166 valence electrons. The number of amides is 2. The molecule has 2 aromatic rings. The van der Waals surface area contributed by atoms with E-state index in [1.54, 1.807) is 0 Å². The van der Waals surface area contributed by atoms with Crippen LogP contribution < -0.4 is 10.1 Å². The molecule has 0 radical (unpaired) electrons. The summed E-state index contributed by atoms with van der Waals surface area (Å²) >= 11 is 0. The molecular formula is C23H25F3N2O3. The van der Waals surface area contributed by atoms with E-state index in [0.717, 1.165) is 18.5 Å². The number of fused-ring (bicyclic) bond motifs is 1. The molecule has 5 nitrogen and oxygen atoms in total. The normalized spacial score (nSPS) is 13.5. The van der Waals surface area contributed by atoms with E-state index in [-0.39, 0.29) is 24.0 Å². The second-order valence-electron chi connectivity index (χ2n) is 7.48. The number of alkyl halides is 3. The van der Waals surface area contributed by atoms with Crippen LogP contribution in [-0.4, -0.2) is 36.2 Å². The first-order valence-electron chi connectivity index (χ1n) is 10.3. The third-order valence-corrected chi connectivity index (χ3v) is 5.17. The minimum Gasteiger partial charge on any atom is -0.406 e. The Bertz CT molecular complexity index is 898. The molecule has 1 heterocycles. The molecule has 1 N–H and O–H groups in total. The number of benzene rings is 2. The maximum absolute atomic E-state index is 12.4. The van der Waals surface area contributed by atoms with Crippen molar-refractivity contribution in [3.63, 3.8) is 0 Å². The molecule has 0 atom stereocenters. The second-order valence-corrected chi connectivity index (χ2v) is 7.48. The maximum atomic E-state index is 12.4. The second kappa shape index (κ2) is 10.3. The summed E-state index contributed by atoms with van der Waals surface area (Å²) in [5, 5.41) is 2.79. The highest BCUT2D eigenvalue weighted by atomic mass is 19.4. The molecule has 0 fully saturated rings. The minimum atomic E-state index is -4.72. The van der Waals surface area contributed by atoms with Gasteiger partial charge in [-0.2, -0.15) is 0 Å². The highest BCUT2D eigenvalue weighted by molar-refractivity contribution is 5.77. The standard InChI is InChI=1S/C23H25F3N2O3/c24-23(25,26)31-20-10-7-17(8-11-20)9-12-21(29)27-14-3-6-22(30)28-15-13-18-4-1-2-5-19(18)16-28/h1-2,4-5,7-8,10-11H,3,6,9,12-16H2,(H,27,29). The van der Waals surface area contributed by atoms with Crippen LogP contribution in [0.1, 0.15) is 36.0 Å². The molecule has 0 aliphatic carbocycles. The zero-order valence-corrected chi connectivity index (χ0v) is 17.1. The van der Waals surface area contributed by atoms with Gasteiger partial charge in [-0.05, 0) is 48.1 Å². The first-order valence-corrected chi connectivity index (χ1v) is 10.3. The van der Waals surface area contributed by atoms with E-state index >= 15 is 0 Å². The van der Waals surface area contributed by atoms with Gasteiger partial charge in [-0.3, -0.25) is 9.59 Å². The first-order chi connectivity index (χ1) is 14.8. The zero-order valence-electron chi connectivity index (χ0n) is 17.1. The van der Waals surface area contributed by atoms with Gasteiger partial charge in [-0.25, -0.2) is 0 Å². The molecule has 0 saturated carbocycles. The van der Waals surface area contributed by atoms with E-state index in [1.807, 2.05) is 23.1 Å². The minimum absolute atomic E-state index is 0.0879. The van der Waals surface area contributed by atoms with Crippen LogP contribution in [0.2, 0.25) is 0 Å². The van der Waals surface area contributed by atoms with Crippen LogP contribution in [0, 0.1) is 0 Å². The molecule has 0 bridgehead atoms. The van der Waals surface area contributed by atoms with Crippen molar-refractivity contribution in [1.82, 2.24) is 10.2 Å². The molecule has 2 amide bonds. The van der Waals surface area contributed by atoms with Crippen molar-refractivity contribution in [3.8, 4) is 5.75 Å². The summed E-state index contributed by atoms with van der Waals surface area (Å²) in [6.45, 7) is 1.76. The predicted molar refractivity (Wildman–Crippen MR) is 109 cm³/mol. The Morgan fingerprint density at radius 3 is 2.42 bits per heavy atom. The van der Waals surface area contributed by atoms with Crippen LogP contribution in [0.25, 0.3) is 0 Å². The van der Waals surface area contributed by atoms with Crippen molar-refractivity contribution in [3.05, 3.63) is 65.2 Å². The van der Waals surface area contributed by atoms with Crippen molar-refractivity contribution in [1.29, 1.82) is 0 Å². The monoisotopic (exact) mass is 434 g/mol. The summed E-state index contributed by atoms with van der Waals surface area (Å²) < 4.78 is 40.3. The molecule has 1 aliphatic rings. The van der Waals surface area contributed by atoms with E-state index in [4.69, 9.17) is 0 Å². The highest BCUT2D eigenvalue weighted by Gasteiger charge is 2.30. The molecule has 2 aromatic carbocycles. The number of nitrogens with one attached hydrogen (secondary N) is 1. The average Bonchev–Trinajstić information content (AvgIpc) is 2.74. The molecule has 31 heavy (non-hydrogen) atoms. The van der Waals surface area contributed by atoms with Gasteiger partial charge >= 0.3 is 6.36 Å². The Hall–Kier alpha value is -3.03. The number of carbonyl (C=O) groups is 2. The van der Waals surface area contributed by atoms with E-state index in [9.17, 15) is 22.8 Å². The van der Waals surface area contributed by atoms with Gasteiger partial charge in [0.25, 0.3) is 0 Å². The van der Waals surface area contributed by atoms with Crippen LogP contribution in [0.15, 0.2) is 48.5 Å². The van der Waals surface area contributed by atoms with Gasteiger partial charge in [-0.1, -0.05) is 36.4 Å². The van der Waals surface area contributed by atoms with Gasteiger partial charge in [-0.15, -0.1) is 13.2 Å². The number of nitrogens with zero attached hydrogens (tertiary/aromatic N) is 1. The lowest BCUT2D eigenvalue weighted by Crippen LogP contribution is -2.36. The van der Waals surface area contributed by atoms with Crippen molar-refractivity contribution >= 4 is 11.8 Å². The summed E-state index contributed by atoms with van der Waals surface area (Å²) in [5.74, 6) is -0.359. The lowest BCUT2D eigenvalue weighted by molar-refractivity contribution is -0.274. The zero-order chi connectivity index (χ0) is 22.3. The Balaban J connectivity index is 1.31. The van der Waals surface area contributed by atoms with E-state index < -0.39 is 6.36 Å². The number of ether oxygens (including phenoxy) is 1. The molecule has 3 rings (SSSR count). The topological polar surface area (TPSA) is 58.6 Å². The quantitative estimate of drug-likeness (QED) is 0.639. The Kier molecular flexibility index (Phi) is 7.55. The van der Waals surface area contributed by atoms with Crippen molar-refractivity contribution in [2.24, 2.45) is 0 Å². The van der Waals surface area contributed by atoms with Gasteiger partial charge in [0.05, 0.1) is 0 Å². The van der Waals surface area contributed by atoms with Crippen LogP contribution in [0.3, 0.4) is 0 Å². The van der Waals surface area contributed by atoms with Gasteiger partial charge in [0, 0.05) is 32.5 Å². The third-order valence-electron chi connectivity index (χ3n) is 5.17. The lowest BCUT2D eigenvalue weighted by Gasteiger charge is -2.29. The summed E-state index contributed by atoms with van der Waals surface area (Å²) in [6, 6.07) is 13.6. The molecular weight excluding hydrogens is 409 g/mol. The SMILES string of the molecule is O=C(CCc1ccc(OC(F)(F)F)cc1)NCCCC(=O)N1CCc2ccccc2C1. The largest absolute Gasteiger partial charge is 0.573 e. The fourth-order valence-corrected chi connectivity index (χ4v) is 3.54. The number of hydrogen-bond donors (Lipinski definition) is 1. The van der Waals surface area contributed by atoms with Gasteiger partial charge in [0.2, 0.25) is 11.8 Å². The molecule has 0 unspecified atom stereocenters. The molecule has 1 aliphatic heterocycles. The summed E-state index contributed by atoms with van der Waals surface area (Å²) in [6.07, 6.45) is -2.29. The number of aryl methyl sites for hydroxylation is 1.